The quantitative estimate of drug-likeness (QED) is 0.671. The number of ether oxygens (including phenoxy) is 2. The molecule has 0 radical (unpaired) electrons. The van der Waals surface area contributed by atoms with Crippen LogP contribution >= 0.6 is 0 Å². The largest absolute Gasteiger partial charge is 0.486 e. The highest BCUT2D eigenvalue weighted by atomic mass is 32.2. The second-order valence-corrected chi connectivity index (χ2v) is 11.1. The molecule has 1 amide bonds. The van der Waals surface area contributed by atoms with Crippen molar-refractivity contribution in [1.82, 2.24) is 9.62 Å². The maximum Gasteiger partial charge on any atom is 0.223 e. The summed E-state index contributed by atoms with van der Waals surface area (Å²) in [6, 6.07) is 15.1. The zero-order valence-electron chi connectivity index (χ0n) is 18.6. The Morgan fingerprint density at radius 3 is 2.36 bits per heavy atom. The fraction of sp³-hybridized carbons (Fsp3) is 0.480. The molecule has 5 rings (SSSR count). The van der Waals surface area contributed by atoms with Gasteiger partial charge in [-0.05, 0) is 54.9 Å². The first-order valence-electron chi connectivity index (χ1n) is 11.7. The Bertz CT molecular complexity index is 1090. The van der Waals surface area contributed by atoms with Crippen LogP contribution in [-0.4, -0.2) is 44.9 Å². The monoisotopic (exact) mass is 470 g/mol. The molecule has 33 heavy (non-hydrogen) atoms. The van der Waals surface area contributed by atoms with E-state index < -0.39 is 10.0 Å². The van der Waals surface area contributed by atoms with Gasteiger partial charge in [0.05, 0.1) is 11.8 Å². The molecular formula is C25H30N2O5S. The smallest absolute Gasteiger partial charge is 0.223 e. The Morgan fingerprint density at radius 2 is 1.67 bits per heavy atom. The average molecular weight is 471 g/mol. The fourth-order valence-electron chi connectivity index (χ4n) is 4.70. The minimum atomic E-state index is -3.39. The van der Waals surface area contributed by atoms with Crippen molar-refractivity contribution in [2.24, 2.45) is 11.8 Å². The first-order valence-corrected chi connectivity index (χ1v) is 13.3. The van der Waals surface area contributed by atoms with Crippen LogP contribution in [0.5, 0.6) is 11.5 Å². The molecule has 1 N–H and O–H groups in total. The summed E-state index contributed by atoms with van der Waals surface area (Å²) in [4.78, 5) is 13.1. The molecule has 1 aliphatic carbocycles. The number of hydrogen-bond acceptors (Lipinski definition) is 5. The highest BCUT2D eigenvalue weighted by molar-refractivity contribution is 7.88. The molecule has 3 aliphatic rings. The van der Waals surface area contributed by atoms with E-state index in [0.717, 1.165) is 35.5 Å². The van der Waals surface area contributed by atoms with E-state index in [4.69, 9.17) is 9.47 Å². The van der Waals surface area contributed by atoms with Crippen LogP contribution in [0.1, 0.15) is 42.9 Å². The van der Waals surface area contributed by atoms with E-state index in [0.29, 0.717) is 45.1 Å². The summed E-state index contributed by atoms with van der Waals surface area (Å²) in [5.41, 5.74) is 1.82. The molecule has 176 valence electrons. The van der Waals surface area contributed by atoms with Crippen molar-refractivity contribution in [1.29, 1.82) is 0 Å². The predicted molar refractivity (Wildman–Crippen MR) is 124 cm³/mol. The standard InChI is InChI=1S/C25H30N2O5S/c28-25(20-10-12-27(13-11-20)33(29,30)17-18-4-2-1-3-5-18)26-24(19-6-7-19)21-8-9-22-23(16-21)32-15-14-31-22/h1-5,8-9,16,19-20,24H,6-7,10-15,17H2,(H,26,28). The lowest BCUT2D eigenvalue weighted by molar-refractivity contribution is -0.127. The number of amides is 1. The number of nitrogens with one attached hydrogen (secondary N) is 1. The maximum atomic E-state index is 13.1. The molecule has 0 aromatic heterocycles. The Morgan fingerprint density at radius 1 is 0.970 bits per heavy atom. The number of sulfonamides is 1. The predicted octanol–water partition coefficient (Wildman–Crippen LogP) is 3.27. The van der Waals surface area contributed by atoms with Gasteiger partial charge >= 0.3 is 0 Å². The zero-order chi connectivity index (χ0) is 22.8. The van der Waals surface area contributed by atoms with Gasteiger partial charge < -0.3 is 14.8 Å². The van der Waals surface area contributed by atoms with E-state index in [1.165, 1.54) is 4.31 Å². The van der Waals surface area contributed by atoms with Crippen LogP contribution in [0, 0.1) is 11.8 Å². The molecule has 2 aromatic rings. The molecule has 2 aliphatic heterocycles. The topological polar surface area (TPSA) is 84.9 Å². The van der Waals surface area contributed by atoms with E-state index >= 15 is 0 Å². The van der Waals surface area contributed by atoms with Crippen LogP contribution in [0.25, 0.3) is 0 Å². The number of benzene rings is 2. The third kappa shape index (κ3) is 5.17. The first-order chi connectivity index (χ1) is 16.0. The van der Waals surface area contributed by atoms with Crippen molar-refractivity contribution >= 4 is 15.9 Å². The minimum Gasteiger partial charge on any atom is -0.486 e. The third-order valence-electron chi connectivity index (χ3n) is 6.73. The summed E-state index contributed by atoms with van der Waals surface area (Å²) in [5.74, 6) is 1.75. The van der Waals surface area contributed by atoms with Crippen LogP contribution < -0.4 is 14.8 Å². The van der Waals surface area contributed by atoms with Crippen molar-refractivity contribution in [2.45, 2.75) is 37.5 Å². The van der Waals surface area contributed by atoms with Crippen LogP contribution in [0.2, 0.25) is 0 Å². The summed E-state index contributed by atoms with van der Waals surface area (Å²) < 4.78 is 38.5. The SMILES string of the molecule is O=C(NC(c1ccc2c(c1)OCCO2)C1CC1)C1CCN(S(=O)(=O)Cc2ccccc2)CC1. The highest BCUT2D eigenvalue weighted by Gasteiger charge is 2.37. The van der Waals surface area contributed by atoms with Gasteiger partial charge in [0.1, 0.15) is 13.2 Å². The van der Waals surface area contributed by atoms with Gasteiger partial charge in [0, 0.05) is 19.0 Å². The maximum absolute atomic E-state index is 13.1. The summed E-state index contributed by atoms with van der Waals surface area (Å²) >= 11 is 0. The number of carbonyl (C=O) groups is 1. The number of nitrogens with zero attached hydrogens (tertiary/aromatic N) is 1. The van der Waals surface area contributed by atoms with Gasteiger partial charge in [-0.3, -0.25) is 4.79 Å². The molecule has 2 heterocycles. The second kappa shape index (κ2) is 9.35. The van der Waals surface area contributed by atoms with Gasteiger partial charge in [0.25, 0.3) is 0 Å². The number of carbonyl (C=O) groups excluding carboxylic acids is 1. The van der Waals surface area contributed by atoms with Crippen molar-refractivity contribution in [3.05, 3.63) is 59.7 Å². The highest BCUT2D eigenvalue weighted by Crippen LogP contribution is 2.43. The molecule has 0 spiro atoms. The van der Waals surface area contributed by atoms with E-state index in [1.807, 2.05) is 48.5 Å². The number of rotatable bonds is 7. The molecule has 2 fully saturated rings. The normalized spacial score (nSPS) is 20.2. The minimum absolute atomic E-state index is 0.00142. The van der Waals surface area contributed by atoms with Gasteiger partial charge in [-0.2, -0.15) is 0 Å². The van der Waals surface area contributed by atoms with Crippen LogP contribution in [-0.2, 0) is 20.6 Å². The van der Waals surface area contributed by atoms with Gasteiger partial charge in [0.2, 0.25) is 15.9 Å². The van der Waals surface area contributed by atoms with Crippen LogP contribution in [0.3, 0.4) is 0 Å². The van der Waals surface area contributed by atoms with Crippen molar-refractivity contribution < 1.29 is 22.7 Å². The van der Waals surface area contributed by atoms with E-state index in [2.05, 4.69) is 5.32 Å². The molecule has 1 unspecified atom stereocenters. The van der Waals surface area contributed by atoms with E-state index in [1.54, 1.807) is 0 Å². The van der Waals surface area contributed by atoms with Crippen molar-refractivity contribution in [2.75, 3.05) is 26.3 Å². The van der Waals surface area contributed by atoms with E-state index in [-0.39, 0.29) is 23.6 Å². The van der Waals surface area contributed by atoms with Crippen molar-refractivity contribution in [3.63, 3.8) is 0 Å². The Kier molecular flexibility index (Phi) is 6.29. The van der Waals surface area contributed by atoms with Gasteiger partial charge in [0.15, 0.2) is 11.5 Å². The number of fused-ring (bicyclic) bond motifs is 1. The Balaban J connectivity index is 1.20. The molecule has 1 saturated carbocycles. The molecule has 1 atom stereocenters. The lowest BCUT2D eigenvalue weighted by Gasteiger charge is -2.32. The third-order valence-corrected chi connectivity index (χ3v) is 8.58. The molecule has 2 aromatic carbocycles. The second-order valence-electron chi connectivity index (χ2n) is 9.14. The van der Waals surface area contributed by atoms with Crippen LogP contribution in [0.4, 0.5) is 0 Å². The summed E-state index contributed by atoms with van der Waals surface area (Å²) in [7, 11) is -3.39. The molecule has 0 bridgehead atoms. The molecule has 8 heteroatoms. The molecule has 7 nitrogen and oxygen atoms in total. The van der Waals surface area contributed by atoms with Crippen molar-refractivity contribution in [3.8, 4) is 11.5 Å². The lowest BCUT2D eigenvalue weighted by Crippen LogP contribution is -2.44. The van der Waals surface area contributed by atoms with Crippen LogP contribution in [0.15, 0.2) is 48.5 Å². The molecular weight excluding hydrogens is 440 g/mol. The molecule has 1 saturated heterocycles. The fourth-order valence-corrected chi connectivity index (χ4v) is 6.26. The summed E-state index contributed by atoms with van der Waals surface area (Å²) in [6.45, 7) is 1.84. The Labute approximate surface area is 195 Å². The number of hydrogen-bond donors (Lipinski definition) is 1. The summed E-state index contributed by atoms with van der Waals surface area (Å²) in [6.07, 6.45) is 3.27. The Hall–Kier alpha value is -2.58. The summed E-state index contributed by atoms with van der Waals surface area (Å²) in [5, 5.41) is 3.26. The van der Waals surface area contributed by atoms with Gasteiger partial charge in [-0.25, -0.2) is 12.7 Å². The first kappa shape index (κ1) is 22.2. The lowest BCUT2D eigenvalue weighted by atomic mass is 9.95. The average Bonchev–Trinajstić information content (AvgIpc) is 3.68. The van der Waals surface area contributed by atoms with Gasteiger partial charge in [-0.1, -0.05) is 36.4 Å². The van der Waals surface area contributed by atoms with E-state index in [9.17, 15) is 13.2 Å². The van der Waals surface area contributed by atoms with Gasteiger partial charge in [-0.15, -0.1) is 0 Å². The zero-order valence-corrected chi connectivity index (χ0v) is 19.4. The number of piperidine rings is 1.